The van der Waals surface area contributed by atoms with Crippen molar-refractivity contribution in [1.29, 1.82) is 0 Å². The Morgan fingerprint density at radius 2 is 0.786 bits per heavy atom. The molecule has 1 unspecified atom stereocenters. The molecule has 0 bridgehead atoms. The molecule has 0 amide bonds. The van der Waals surface area contributed by atoms with Gasteiger partial charge in [-0.05, 0) is 6.92 Å². The second-order valence-corrected chi connectivity index (χ2v) is 6.59. The zero-order chi connectivity index (χ0) is 23.4. The lowest BCUT2D eigenvalue weighted by Gasteiger charge is -2.44. The quantitative estimate of drug-likeness (QED) is 0.169. The molecule has 0 rings (SSSR count). The highest BCUT2D eigenvalue weighted by Gasteiger charge is 2.93. The van der Waals surface area contributed by atoms with Gasteiger partial charge in [0.15, 0.2) is 0 Å². The first kappa shape index (κ1) is 27.6. The molecule has 0 aromatic carbocycles. The molecular weight excluding hydrogens is 563 g/mol. The predicted octanol–water partition coefficient (Wildman–Crippen LogP) is 6.91. The highest BCUT2D eigenvalue weighted by Crippen LogP contribution is 2.63. The lowest BCUT2D eigenvalue weighted by atomic mass is 9.85. The van der Waals surface area contributed by atoms with Crippen molar-refractivity contribution in [2.45, 2.75) is 60.7 Å². The van der Waals surface area contributed by atoms with Crippen molar-refractivity contribution in [2.24, 2.45) is 0 Å². The fraction of sp³-hybridized carbons (Fsp3) is 1.00. The van der Waals surface area contributed by atoms with Crippen LogP contribution in [0, 0.1) is 0 Å². The smallest absolute Gasteiger partial charge is 0.227 e. The molecule has 17 heteroatoms. The maximum atomic E-state index is 13.3. The molecule has 0 aliphatic heterocycles. The van der Waals surface area contributed by atoms with E-state index in [2.05, 4.69) is 0 Å². The van der Waals surface area contributed by atoms with Crippen LogP contribution in [-0.4, -0.2) is 51.8 Å². The Hall–Kier alpha value is -0.390. The van der Waals surface area contributed by atoms with Crippen LogP contribution < -0.4 is 0 Å². The van der Waals surface area contributed by atoms with E-state index >= 15 is 0 Å². The molecule has 0 fully saturated rings. The van der Waals surface area contributed by atoms with Crippen LogP contribution in [0.1, 0.15) is 13.3 Å². The molecular formula is C11H7F16I. The monoisotopic (exact) mass is 570 g/mol. The first-order valence-corrected chi connectivity index (χ1v) is 7.92. The summed E-state index contributed by atoms with van der Waals surface area (Å²) in [4.78, 5) is 0. The Balaban J connectivity index is 6.63. The van der Waals surface area contributed by atoms with Gasteiger partial charge in [0.1, 0.15) is 0 Å². The van der Waals surface area contributed by atoms with E-state index in [9.17, 15) is 70.2 Å². The van der Waals surface area contributed by atoms with Crippen LogP contribution in [-0.2, 0) is 0 Å². The minimum absolute atomic E-state index is 0.862. The van der Waals surface area contributed by atoms with Gasteiger partial charge in [-0.3, -0.25) is 0 Å². The first-order valence-electron chi connectivity index (χ1n) is 6.39. The van der Waals surface area contributed by atoms with E-state index in [4.69, 9.17) is 0 Å². The van der Waals surface area contributed by atoms with Crippen molar-refractivity contribution >= 4 is 22.6 Å². The van der Waals surface area contributed by atoms with Crippen LogP contribution in [0.2, 0.25) is 0 Å². The molecule has 0 spiro atoms. The Bertz CT molecular complexity index is 559. The molecule has 0 aliphatic carbocycles. The summed E-state index contributed by atoms with van der Waals surface area (Å²) in [5.41, 5.74) is -6.64. The maximum Gasteiger partial charge on any atom is 0.428 e. The van der Waals surface area contributed by atoms with Gasteiger partial charge in [-0.2, -0.15) is 65.9 Å². The largest absolute Gasteiger partial charge is 0.428 e. The molecule has 1 atom stereocenters. The van der Waals surface area contributed by atoms with Crippen LogP contribution in [0.4, 0.5) is 70.2 Å². The number of halogens is 17. The zero-order valence-electron chi connectivity index (χ0n) is 12.8. The molecule has 170 valence electrons. The summed E-state index contributed by atoms with van der Waals surface area (Å²) in [6.45, 7) is -1.45. The van der Waals surface area contributed by atoms with Gasteiger partial charge >= 0.3 is 41.7 Å². The van der Waals surface area contributed by atoms with Crippen LogP contribution in [0.15, 0.2) is 0 Å². The molecule has 0 radical (unpaired) electrons. The van der Waals surface area contributed by atoms with Gasteiger partial charge in [0.2, 0.25) is 0 Å². The molecule has 0 N–H and O–H groups in total. The van der Waals surface area contributed by atoms with E-state index in [1.54, 1.807) is 0 Å². The third-order valence-electron chi connectivity index (χ3n) is 3.57. The Labute approximate surface area is 158 Å². The van der Waals surface area contributed by atoms with Crippen molar-refractivity contribution in [1.82, 2.24) is 0 Å². The molecule has 0 nitrogen and oxygen atoms in total. The molecule has 0 aliphatic rings. The van der Waals surface area contributed by atoms with E-state index in [1.807, 2.05) is 0 Å². The molecule has 0 aromatic heterocycles. The van der Waals surface area contributed by atoms with Crippen LogP contribution in [0.25, 0.3) is 0 Å². The minimum atomic E-state index is -8.25. The molecule has 0 aromatic rings. The van der Waals surface area contributed by atoms with Gasteiger partial charge in [0.05, 0.1) is 0 Å². The highest BCUT2D eigenvalue weighted by atomic mass is 127. The highest BCUT2D eigenvalue weighted by molar-refractivity contribution is 14.1. The Morgan fingerprint density at radius 3 is 1.07 bits per heavy atom. The topological polar surface area (TPSA) is 0 Å². The fourth-order valence-corrected chi connectivity index (χ4v) is 2.25. The van der Waals surface area contributed by atoms with Crippen LogP contribution in [0.3, 0.4) is 0 Å². The first-order chi connectivity index (χ1) is 11.8. The second-order valence-electron chi connectivity index (χ2n) is 5.52. The van der Waals surface area contributed by atoms with Crippen LogP contribution >= 0.6 is 22.6 Å². The van der Waals surface area contributed by atoms with E-state index in [0.29, 0.717) is 0 Å². The average Bonchev–Trinajstić information content (AvgIpc) is 2.44. The van der Waals surface area contributed by atoms with E-state index < -0.39 is 65.2 Å². The molecule has 0 saturated heterocycles. The van der Waals surface area contributed by atoms with Crippen molar-refractivity contribution in [3.63, 3.8) is 0 Å². The van der Waals surface area contributed by atoms with E-state index in [0.717, 1.165) is 22.6 Å². The van der Waals surface area contributed by atoms with Gasteiger partial charge in [-0.1, -0.05) is 22.6 Å². The summed E-state index contributed by atoms with van der Waals surface area (Å²) >= 11 is 0.862. The lowest BCUT2D eigenvalue weighted by molar-refractivity contribution is -0.445. The normalized spacial score (nSPS) is 18.2. The summed E-state index contributed by atoms with van der Waals surface area (Å²) in [6.07, 6.45) is -9.39. The number of rotatable bonds is 8. The number of hydrogen-bond acceptors (Lipinski definition) is 0. The summed E-state index contributed by atoms with van der Waals surface area (Å²) in [6, 6.07) is 0. The summed E-state index contributed by atoms with van der Waals surface area (Å²) in [5, 5.41) is 0. The Kier molecular flexibility index (Phi) is 6.99. The van der Waals surface area contributed by atoms with Crippen molar-refractivity contribution in [3.05, 3.63) is 0 Å². The lowest BCUT2D eigenvalue weighted by Crippen LogP contribution is -2.74. The SMILES string of the molecule is CC(F)(C(F)(F)F)C(F)(F)C(F)(F)C(F)(F)C(F)(F)C(F)(F)C(F)(F)CCI. The van der Waals surface area contributed by atoms with Gasteiger partial charge in [0, 0.05) is 10.8 Å². The molecule has 0 heterocycles. The van der Waals surface area contributed by atoms with E-state index in [1.165, 1.54) is 0 Å². The van der Waals surface area contributed by atoms with Gasteiger partial charge in [0.25, 0.3) is 5.67 Å². The van der Waals surface area contributed by atoms with Crippen molar-refractivity contribution in [2.75, 3.05) is 4.43 Å². The van der Waals surface area contributed by atoms with Crippen LogP contribution in [0.5, 0.6) is 0 Å². The van der Waals surface area contributed by atoms with Gasteiger partial charge in [-0.25, -0.2) is 4.39 Å². The maximum absolute atomic E-state index is 13.3. The third kappa shape index (κ3) is 3.50. The summed E-state index contributed by atoms with van der Waals surface area (Å²) < 4.78 is 208. The third-order valence-corrected chi connectivity index (χ3v) is 4.11. The molecule has 28 heavy (non-hydrogen) atoms. The summed E-state index contributed by atoms with van der Waals surface area (Å²) in [5.74, 6) is -45.8. The minimum Gasteiger partial charge on any atom is -0.227 e. The average molecular weight is 570 g/mol. The summed E-state index contributed by atoms with van der Waals surface area (Å²) in [7, 11) is 0. The number of alkyl halides is 17. The van der Waals surface area contributed by atoms with Crippen molar-refractivity contribution in [3.8, 4) is 0 Å². The predicted molar refractivity (Wildman–Crippen MR) is 68.8 cm³/mol. The number of hydrogen-bond donors (Lipinski definition) is 0. The van der Waals surface area contributed by atoms with Crippen molar-refractivity contribution < 1.29 is 70.2 Å². The van der Waals surface area contributed by atoms with Gasteiger partial charge < -0.3 is 0 Å². The standard InChI is InChI=1S/C11H7F16I/c1-4(12,11(25,26)27)6(15,16)8(19,20)10(23,24)9(21,22)7(17,18)5(13,14)2-3-28/h2-3H2,1H3. The van der Waals surface area contributed by atoms with E-state index in [-0.39, 0.29) is 0 Å². The molecule has 0 saturated carbocycles. The zero-order valence-corrected chi connectivity index (χ0v) is 15.0. The Morgan fingerprint density at radius 1 is 0.500 bits per heavy atom. The van der Waals surface area contributed by atoms with Gasteiger partial charge in [-0.15, -0.1) is 0 Å². The fourth-order valence-electron chi connectivity index (χ4n) is 1.57. The second kappa shape index (κ2) is 7.09.